The highest BCUT2D eigenvalue weighted by molar-refractivity contribution is 8.00. The molecule has 2 aliphatic rings. The molecule has 0 saturated heterocycles. The quantitative estimate of drug-likeness (QED) is 0.153. The van der Waals surface area contributed by atoms with Crippen LogP contribution in [0.5, 0.6) is 0 Å². The van der Waals surface area contributed by atoms with Crippen LogP contribution in [0, 0.1) is 5.92 Å². The van der Waals surface area contributed by atoms with E-state index in [4.69, 9.17) is 15.0 Å². The molecule has 6 aromatic carbocycles. The molecule has 0 radical (unpaired) electrons. The fraction of sp³-hybridized carbons (Fsp3) is 0.119. The molecule has 0 bridgehead atoms. The van der Waals surface area contributed by atoms with Crippen molar-refractivity contribution in [2.24, 2.45) is 5.92 Å². The summed E-state index contributed by atoms with van der Waals surface area (Å²) in [4.78, 5) is 16.4. The van der Waals surface area contributed by atoms with E-state index in [1.165, 1.54) is 51.4 Å². The Kier molecular flexibility index (Phi) is 7.05. The molecule has 0 saturated carbocycles. The molecule has 2 unspecified atom stereocenters. The maximum absolute atomic E-state index is 5.08. The van der Waals surface area contributed by atoms with E-state index in [0.717, 1.165) is 27.8 Å². The van der Waals surface area contributed by atoms with Gasteiger partial charge in [0, 0.05) is 32.9 Å². The molecular formula is C42H32N4S. The molecule has 0 fully saturated rings. The van der Waals surface area contributed by atoms with Gasteiger partial charge in [-0.1, -0.05) is 133 Å². The zero-order valence-corrected chi connectivity index (χ0v) is 26.6. The summed E-state index contributed by atoms with van der Waals surface area (Å²) in [5.74, 6) is 2.54. The number of nitrogens with one attached hydrogen (secondary N) is 1. The predicted molar refractivity (Wildman–Crippen MR) is 196 cm³/mol. The van der Waals surface area contributed by atoms with Crippen LogP contribution in [-0.4, -0.2) is 20.3 Å². The molecule has 2 heterocycles. The molecule has 5 heteroatoms. The van der Waals surface area contributed by atoms with Gasteiger partial charge < -0.3 is 5.32 Å². The number of aromatic nitrogens is 3. The average molecular weight is 625 g/mol. The minimum Gasteiger partial charge on any atom is -0.371 e. The first-order valence-electron chi connectivity index (χ1n) is 16.3. The number of nitrogens with zero attached hydrogens (tertiary/aromatic N) is 3. The fourth-order valence-corrected chi connectivity index (χ4v) is 8.21. The normalized spacial score (nSPS) is 17.1. The number of anilines is 1. The Bertz CT molecular complexity index is 2300. The van der Waals surface area contributed by atoms with Gasteiger partial charge >= 0.3 is 0 Å². The van der Waals surface area contributed by atoms with Crippen molar-refractivity contribution in [2.45, 2.75) is 29.5 Å². The van der Waals surface area contributed by atoms with Crippen molar-refractivity contribution < 1.29 is 0 Å². The third-order valence-electron chi connectivity index (χ3n) is 9.34. The molecule has 1 aliphatic heterocycles. The first-order valence-corrected chi connectivity index (χ1v) is 17.2. The summed E-state index contributed by atoms with van der Waals surface area (Å²) in [7, 11) is 0. The van der Waals surface area contributed by atoms with Gasteiger partial charge in [0.05, 0.1) is 11.1 Å². The summed E-state index contributed by atoms with van der Waals surface area (Å²) >= 11 is 1.98. The molecule has 0 spiro atoms. The van der Waals surface area contributed by atoms with Crippen molar-refractivity contribution in [3.63, 3.8) is 0 Å². The van der Waals surface area contributed by atoms with Gasteiger partial charge in [0.25, 0.3) is 0 Å². The van der Waals surface area contributed by atoms with Crippen molar-refractivity contribution in [1.82, 2.24) is 15.0 Å². The van der Waals surface area contributed by atoms with Crippen LogP contribution < -0.4 is 5.32 Å². The minimum absolute atomic E-state index is 0.377. The van der Waals surface area contributed by atoms with Gasteiger partial charge in [-0.25, -0.2) is 15.0 Å². The van der Waals surface area contributed by atoms with E-state index in [9.17, 15) is 0 Å². The second-order valence-corrected chi connectivity index (χ2v) is 13.5. The molecule has 9 rings (SSSR count). The van der Waals surface area contributed by atoms with E-state index in [2.05, 4.69) is 121 Å². The van der Waals surface area contributed by atoms with Crippen LogP contribution in [0.15, 0.2) is 144 Å². The highest BCUT2D eigenvalue weighted by Gasteiger charge is 2.30. The SMILES string of the molecule is C1=CC(C2Nc3c(ccc4ccc5cc(-c6nc(-c7ccccc7)nc(-c7cccc(-c8ccccc8)c7)n6)ccc5c34)S2)CCC1. The number of hydrogen-bond acceptors (Lipinski definition) is 5. The third-order valence-corrected chi connectivity index (χ3v) is 10.7. The maximum atomic E-state index is 5.08. The highest BCUT2D eigenvalue weighted by Crippen LogP contribution is 2.48. The van der Waals surface area contributed by atoms with Crippen LogP contribution in [0.1, 0.15) is 19.3 Å². The van der Waals surface area contributed by atoms with Gasteiger partial charge in [-0.2, -0.15) is 0 Å². The first-order chi connectivity index (χ1) is 23.3. The van der Waals surface area contributed by atoms with Crippen LogP contribution in [0.25, 0.3) is 66.8 Å². The summed E-state index contributed by atoms with van der Waals surface area (Å²) in [5.41, 5.74) is 6.45. The van der Waals surface area contributed by atoms with E-state index in [1.54, 1.807) is 0 Å². The van der Waals surface area contributed by atoms with Gasteiger partial charge in [-0.15, -0.1) is 0 Å². The first kappa shape index (κ1) is 28.0. The van der Waals surface area contributed by atoms with Crippen LogP contribution >= 0.6 is 11.8 Å². The smallest absolute Gasteiger partial charge is 0.164 e. The molecular weight excluding hydrogens is 593 g/mol. The largest absolute Gasteiger partial charge is 0.371 e. The number of benzene rings is 6. The zero-order chi connectivity index (χ0) is 31.2. The Hall–Kier alpha value is -5.26. The van der Waals surface area contributed by atoms with Crippen molar-refractivity contribution in [3.05, 3.63) is 140 Å². The van der Waals surface area contributed by atoms with Crippen LogP contribution in [0.3, 0.4) is 0 Å². The Morgan fingerprint density at radius 1 is 0.574 bits per heavy atom. The Labute approximate surface area is 278 Å². The fourth-order valence-electron chi connectivity index (χ4n) is 6.93. The van der Waals surface area contributed by atoms with Gasteiger partial charge in [0.15, 0.2) is 17.5 Å². The topological polar surface area (TPSA) is 50.7 Å². The lowest BCUT2D eigenvalue weighted by molar-refractivity contribution is 0.545. The number of thioether (sulfide) groups is 1. The van der Waals surface area contributed by atoms with E-state index in [0.29, 0.717) is 28.8 Å². The maximum Gasteiger partial charge on any atom is 0.164 e. The van der Waals surface area contributed by atoms with Crippen LogP contribution in [0.4, 0.5) is 5.69 Å². The van der Waals surface area contributed by atoms with E-state index in [-0.39, 0.29) is 0 Å². The molecule has 2 atom stereocenters. The third kappa shape index (κ3) is 5.27. The van der Waals surface area contributed by atoms with Crippen LogP contribution in [-0.2, 0) is 0 Å². The molecule has 1 N–H and O–H groups in total. The van der Waals surface area contributed by atoms with E-state index < -0.39 is 0 Å². The zero-order valence-electron chi connectivity index (χ0n) is 25.8. The van der Waals surface area contributed by atoms with Crippen LogP contribution in [0.2, 0.25) is 0 Å². The second kappa shape index (κ2) is 11.8. The number of allylic oxidation sites excluding steroid dienone is 1. The Morgan fingerprint density at radius 2 is 1.23 bits per heavy atom. The van der Waals surface area contributed by atoms with Gasteiger partial charge in [0.2, 0.25) is 0 Å². The van der Waals surface area contributed by atoms with Crippen molar-refractivity contribution >= 4 is 39.0 Å². The lowest BCUT2D eigenvalue weighted by atomic mass is 9.95. The number of fused-ring (bicyclic) bond motifs is 5. The molecule has 0 amide bonds. The van der Waals surface area contributed by atoms with E-state index in [1.807, 2.05) is 36.0 Å². The summed E-state index contributed by atoms with van der Waals surface area (Å²) < 4.78 is 0. The molecule has 4 nitrogen and oxygen atoms in total. The van der Waals surface area contributed by atoms with Crippen molar-refractivity contribution in [2.75, 3.05) is 5.32 Å². The Morgan fingerprint density at radius 3 is 2.00 bits per heavy atom. The standard InChI is InChI=1S/C42H32N4S/c1-4-11-27(12-5-1)31-17-10-18-33(25-31)40-44-39(29-13-6-2-7-14-29)45-41(46-40)34-21-23-35-32(26-34)20-19-28-22-24-36-38(37(28)35)43-42(47-36)30-15-8-3-9-16-30/h1-2,4-8,10-15,17-26,30,42-43H,3,9,16H2. The highest BCUT2D eigenvalue weighted by atomic mass is 32.2. The predicted octanol–water partition coefficient (Wildman–Crippen LogP) is 11.0. The monoisotopic (exact) mass is 624 g/mol. The lowest BCUT2D eigenvalue weighted by Crippen LogP contribution is -2.22. The van der Waals surface area contributed by atoms with Gasteiger partial charge in [-0.05, 0) is 64.7 Å². The van der Waals surface area contributed by atoms with Gasteiger partial charge in [-0.3, -0.25) is 0 Å². The van der Waals surface area contributed by atoms with Gasteiger partial charge in [0.1, 0.15) is 0 Å². The number of hydrogen-bond donors (Lipinski definition) is 1. The molecule has 7 aromatic rings. The average Bonchev–Trinajstić information content (AvgIpc) is 3.60. The minimum atomic E-state index is 0.377. The molecule has 1 aliphatic carbocycles. The van der Waals surface area contributed by atoms with E-state index >= 15 is 0 Å². The summed E-state index contributed by atoms with van der Waals surface area (Å²) in [6, 6.07) is 44.7. The number of rotatable bonds is 5. The summed E-state index contributed by atoms with van der Waals surface area (Å²) in [6.07, 6.45) is 8.48. The summed E-state index contributed by atoms with van der Waals surface area (Å²) in [5, 5.41) is 9.27. The molecule has 1 aromatic heterocycles. The molecule has 226 valence electrons. The summed E-state index contributed by atoms with van der Waals surface area (Å²) in [6.45, 7) is 0. The van der Waals surface area contributed by atoms with Crippen molar-refractivity contribution in [3.8, 4) is 45.3 Å². The molecule has 47 heavy (non-hydrogen) atoms. The second-order valence-electron chi connectivity index (χ2n) is 12.4. The van der Waals surface area contributed by atoms with Crippen molar-refractivity contribution in [1.29, 1.82) is 0 Å². The lowest BCUT2D eigenvalue weighted by Gasteiger charge is -2.23. The Balaban J connectivity index is 1.15.